The molecular weight excluding hydrogens is 471 g/mol. The highest BCUT2D eigenvalue weighted by Gasteiger charge is 2.17. The molecule has 0 saturated carbocycles. The molecule has 3 aromatic rings. The number of nitrogens with two attached hydrogens (primary N) is 2. The van der Waals surface area contributed by atoms with Crippen LogP contribution in [0, 0.1) is 5.82 Å². The molecular formula is C20H19FN6O4S2. The number of hydrogen-bond donors (Lipinski definition) is 4. The molecule has 3 rings (SSSR count). The topological polar surface area (TPSA) is 170 Å². The van der Waals surface area contributed by atoms with Crippen LogP contribution in [0.15, 0.2) is 58.6 Å². The zero-order valence-electron chi connectivity index (χ0n) is 17.2. The van der Waals surface area contributed by atoms with Crippen LogP contribution in [0.25, 0.3) is 0 Å². The SMILES string of the molecule is CS(=O)(=O)Nc1ccc(F)cc1CNC(=O)c1nc(Sc2ccccc2C(N)=O)cnc1N. The van der Waals surface area contributed by atoms with E-state index in [1.165, 1.54) is 12.3 Å². The van der Waals surface area contributed by atoms with Crippen molar-refractivity contribution in [3.8, 4) is 0 Å². The van der Waals surface area contributed by atoms with Crippen LogP contribution in [-0.2, 0) is 16.6 Å². The van der Waals surface area contributed by atoms with Crippen molar-refractivity contribution in [1.29, 1.82) is 0 Å². The Morgan fingerprint density at radius 3 is 2.61 bits per heavy atom. The van der Waals surface area contributed by atoms with Crippen molar-refractivity contribution in [2.45, 2.75) is 16.5 Å². The Labute approximate surface area is 193 Å². The minimum Gasteiger partial charge on any atom is -0.382 e. The summed E-state index contributed by atoms with van der Waals surface area (Å²) in [6.45, 7) is -0.211. The van der Waals surface area contributed by atoms with Gasteiger partial charge in [0.15, 0.2) is 11.5 Å². The molecule has 0 saturated heterocycles. The lowest BCUT2D eigenvalue weighted by atomic mass is 10.1. The molecule has 10 nitrogen and oxygen atoms in total. The Hall–Kier alpha value is -3.71. The van der Waals surface area contributed by atoms with Gasteiger partial charge in [0.2, 0.25) is 15.9 Å². The van der Waals surface area contributed by atoms with Gasteiger partial charge in [-0.15, -0.1) is 0 Å². The molecule has 0 aliphatic carbocycles. The molecule has 0 radical (unpaired) electrons. The van der Waals surface area contributed by atoms with E-state index in [0.29, 0.717) is 4.90 Å². The lowest BCUT2D eigenvalue weighted by Gasteiger charge is -2.12. The summed E-state index contributed by atoms with van der Waals surface area (Å²) < 4.78 is 39.0. The largest absolute Gasteiger partial charge is 0.382 e. The Balaban J connectivity index is 1.81. The number of rotatable bonds is 8. The number of nitrogens with one attached hydrogen (secondary N) is 2. The maximum atomic E-state index is 13.7. The van der Waals surface area contributed by atoms with Gasteiger partial charge in [0.1, 0.15) is 10.8 Å². The second-order valence-corrected chi connectivity index (χ2v) is 9.57. The van der Waals surface area contributed by atoms with E-state index in [0.717, 1.165) is 30.2 Å². The van der Waals surface area contributed by atoms with Gasteiger partial charge in [-0.2, -0.15) is 0 Å². The van der Waals surface area contributed by atoms with Crippen molar-refractivity contribution in [3.63, 3.8) is 0 Å². The highest BCUT2D eigenvalue weighted by atomic mass is 32.2. The molecule has 33 heavy (non-hydrogen) atoms. The third-order valence-electron chi connectivity index (χ3n) is 4.16. The number of sulfonamides is 1. The molecule has 1 aromatic heterocycles. The van der Waals surface area contributed by atoms with Gasteiger partial charge in [-0.05, 0) is 35.9 Å². The zero-order valence-corrected chi connectivity index (χ0v) is 18.8. The van der Waals surface area contributed by atoms with Crippen LogP contribution in [0.2, 0.25) is 0 Å². The van der Waals surface area contributed by atoms with Gasteiger partial charge >= 0.3 is 0 Å². The Kier molecular flexibility index (Phi) is 7.13. The van der Waals surface area contributed by atoms with Crippen LogP contribution in [-0.4, -0.2) is 36.5 Å². The van der Waals surface area contributed by atoms with Crippen LogP contribution in [0.1, 0.15) is 26.4 Å². The molecule has 0 unspecified atom stereocenters. The summed E-state index contributed by atoms with van der Waals surface area (Å²) in [5.74, 6) is -2.08. The van der Waals surface area contributed by atoms with E-state index in [-0.39, 0.29) is 39.9 Å². The van der Waals surface area contributed by atoms with E-state index in [4.69, 9.17) is 11.5 Å². The summed E-state index contributed by atoms with van der Waals surface area (Å²) in [4.78, 5) is 33.0. The van der Waals surface area contributed by atoms with Gasteiger partial charge in [-0.3, -0.25) is 14.3 Å². The van der Waals surface area contributed by atoms with Gasteiger partial charge in [0, 0.05) is 11.4 Å². The predicted molar refractivity (Wildman–Crippen MR) is 122 cm³/mol. The molecule has 0 bridgehead atoms. The number of anilines is 2. The number of primary amides is 1. The lowest BCUT2D eigenvalue weighted by Crippen LogP contribution is -2.26. The van der Waals surface area contributed by atoms with Crippen molar-refractivity contribution in [2.24, 2.45) is 5.73 Å². The fourth-order valence-corrected chi connectivity index (χ4v) is 4.23. The number of carbonyl (C=O) groups excluding carboxylic acids is 2. The van der Waals surface area contributed by atoms with Gasteiger partial charge in [-0.1, -0.05) is 23.9 Å². The standard InChI is InChI=1S/C20H19FN6O4S2/c1-33(30,31)27-14-7-6-12(21)8-11(14)9-25-20(29)17-18(22)24-10-16(26-17)32-15-5-3-2-4-13(15)19(23)28/h2-8,10,27H,9H2,1H3,(H2,22,24)(H2,23,28)(H,25,29). The van der Waals surface area contributed by atoms with Crippen LogP contribution in [0.4, 0.5) is 15.9 Å². The fourth-order valence-electron chi connectivity index (χ4n) is 2.74. The summed E-state index contributed by atoms with van der Waals surface area (Å²) in [5, 5.41) is 2.81. The van der Waals surface area contributed by atoms with Crippen LogP contribution < -0.4 is 21.5 Å². The molecule has 6 N–H and O–H groups in total. The van der Waals surface area contributed by atoms with Crippen molar-refractivity contribution in [3.05, 3.63) is 71.3 Å². The molecule has 2 aromatic carbocycles. The van der Waals surface area contributed by atoms with Gasteiger partial charge < -0.3 is 16.8 Å². The van der Waals surface area contributed by atoms with E-state index < -0.39 is 27.7 Å². The van der Waals surface area contributed by atoms with E-state index in [2.05, 4.69) is 20.0 Å². The molecule has 0 spiro atoms. The molecule has 0 atom stereocenters. The number of benzene rings is 2. The first kappa shape index (κ1) is 23.9. The number of nitrogen functional groups attached to an aromatic ring is 1. The number of nitrogens with zero attached hydrogens (tertiary/aromatic N) is 2. The highest BCUT2D eigenvalue weighted by molar-refractivity contribution is 7.99. The Bertz CT molecular complexity index is 1330. The first-order valence-corrected chi connectivity index (χ1v) is 12.0. The van der Waals surface area contributed by atoms with Gasteiger partial charge in [0.25, 0.3) is 5.91 Å². The van der Waals surface area contributed by atoms with Crippen LogP contribution in [0.5, 0.6) is 0 Å². The van der Waals surface area contributed by atoms with E-state index in [1.54, 1.807) is 24.3 Å². The molecule has 2 amide bonds. The first-order valence-electron chi connectivity index (χ1n) is 9.27. The summed E-state index contributed by atoms with van der Waals surface area (Å²) in [5.41, 5.74) is 11.6. The highest BCUT2D eigenvalue weighted by Crippen LogP contribution is 2.29. The van der Waals surface area contributed by atoms with Crippen molar-refractivity contribution in [1.82, 2.24) is 15.3 Å². The summed E-state index contributed by atoms with van der Waals surface area (Å²) in [7, 11) is -3.62. The average molecular weight is 491 g/mol. The second-order valence-electron chi connectivity index (χ2n) is 6.76. The number of halogens is 1. The molecule has 0 aliphatic rings. The third kappa shape index (κ3) is 6.40. The van der Waals surface area contributed by atoms with Crippen molar-refractivity contribution >= 4 is 45.1 Å². The van der Waals surface area contributed by atoms with Crippen molar-refractivity contribution in [2.75, 3.05) is 16.7 Å². The van der Waals surface area contributed by atoms with E-state index in [1.807, 2.05) is 0 Å². The number of amides is 2. The zero-order chi connectivity index (χ0) is 24.2. The number of carbonyl (C=O) groups is 2. The normalized spacial score (nSPS) is 11.1. The Morgan fingerprint density at radius 1 is 1.18 bits per heavy atom. The first-order chi connectivity index (χ1) is 15.5. The predicted octanol–water partition coefficient (Wildman–Crippen LogP) is 1.75. The summed E-state index contributed by atoms with van der Waals surface area (Å²) in [6, 6.07) is 10.0. The summed E-state index contributed by atoms with van der Waals surface area (Å²) >= 11 is 1.07. The number of hydrogen-bond acceptors (Lipinski definition) is 8. The van der Waals surface area contributed by atoms with E-state index in [9.17, 15) is 22.4 Å². The third-order valence-corrected chi connectivity index (χ3v) is 5.74. The average Bonchev–Trinajstić information content (AvgIpc) is 2.74. The van der Waals surface area contributed by atoms with Crippen LogP contribution >= 0.6 is 11.8 Å². The second kappa shape index (κ2) is 9.83. The maximum absolute atomic E-state index is 13.7. The molecule has 172 valence electrons. The fraction of sp³-hybridized carbons (Fsp3) is 0.100. The maximum Gasteiger partial charge on any atom is 0.274 e. The van der Waals surface area contributed by atoms with E-state index >= 15 is 0 Å². The van der Waals surface area contributed by atoms with Crippen LogP contribution in [0.3, 0.4) is 0 Å². The smallest absolute Gasteiger partial charge is 0.274 e. The van der Waals surface area contributed by atoms with Crippen molar-refractivity contribution < 1.29 is 22.4 Å². The molecule has 1 heterocycles. The molecule has 0 aliphatic heterocycles. The van der Waals surface area contributed by atoms with Gasteiger partial charge in [-0.25, -0.2) is 22.8 Å². The quantitative estimate of drug-likeness (QED) is 0.370. The minimum atomic E-state index is -3.62. The number of aromatic nitrogens is 2. The molecule has 0 fully saturated rings. The molecule has 13 heteroatoms. The monoisotopic (exact) mass is 490 g/mol. The Morgan fingerprint density at radius 2 is 1.91 bits per heavy atom. The summed E-state index contributed by atoms with van der Waals surface area (Å²) in [6.07, 6.45) is 2.30. The lowest BCUT2D eigenvalue weighted by molar-refractivity contribution is 0.0944. The minimum absolute atomic E-state index is 0.116. The van der Waals surface area contributed by atoms with Gasteiger partial charge in [0.05, 0.1) is 23.7 Å².